The molecule has 2 aromatic rings. The van der Waals surface area contributed by atoms with Gasteiger partial charge < -0.3 is 20.7 Å². The van der Waals surface area contributed by atoms with Crippen LogP contribution in [0.1, 0.15) is 20.8 Å². The molecular formula is C18H23N3O2. The summed E-state index contributed by atoms with van der Waals surface area (Å²) in [6.45, 7) is 5.64. The minimum absolute atomic E-state index is 0.124. The second kappa shape index (κ2) is 7.05. The fourth-order valence-electron chi connectivity index (χ4n) is 2.53. The van der Waals surface area contributed by atoms with Gasteiger partial charge in [0.2, 0.25) is 5.91 Å². The molecule has 1 amide bonds. The van der Waals surface area contributed by atoms with E-state index in [9.17, 15) is 4.79 Å². The average molecular weight is 313 g/mol. The molecular weight excluding hydrogens is 290 g/mol. The summed E-state index contributed by atoms with van der Waals surface area (Å²) in [6.07, 6.45) is 0. The molecule has 23 heavy (non-hydrogen) atoms. The van der Waals surface area contributed by atoms with Crippen molar-refractivity contribution >= 4 is 28.7 Å². The lowest BCUT2D eigenvalue weighted by Gasteiger charge is -2.32. The topological polar surface area (TPSA) is 67.6 Å². The van der Waals surface area contributed by atoms with E-state index in [0.717, 1.165) is 17.1 Å². The molecule has 0 aromatic heterocycles. The van der Waals surface area contributed by atoms with Crippen LogP contribution in [0.15, 0.2) is 42.5 Å². The maximum atomic E-state index is 11.5. The summed E-state index contributed by atoms with van der Waals surface area (Å²) in [5.74, 6) is 0.593. The smallest absolute Gasteiger partial charge is 0.221 e. The van der Waals surface area contributed by atoms with Gasteiger partial charge in [-0.05, 0) is 38.1 Å². The quantitative estimate of drug-likeness (QED) is 0.824. The summed E-state index contributed by atoms with van der Waals surface area (Å²) in [5.41, 5.74) is 9.29. The Morgan fingerprint density at radius 3 is 2.43 bits per heavy atom. The summed E-state index contributed by atoms with van der Waals surface area (Å²) >= 11 is 0. The number of ether oxygens (including phenoxy) is 1. The molecule has 5 nitrogen and oxygen atoms in total. The molecule has 0 fully saturated rings. The van der Waals surface area contributed by atoms with Gasteiger partial charge in [0.1, 0.15) is 5.75 Å². The highest BCUT2D eigenvalue weighted by molar-refractivity contribution is 5.95. The number of nitrogens with zero attached hydrogens (tertiary/aromatic N) is 1. The van der Waals surface area contributed by atoms with Gasteiger partial charge in [0.15, 0.2) is 0 Å². The summed E-state index contributed by atoms with van der Waals surface area (Å²) in [7, 11) is 1.62. The molecule has 3 N–H and O–H groups in total. The Labute approximate surface area is 137 Å². The second-order valence-electron chi connectivity index (χ2n) is 5.59. The SMILES string of the molecule is COc1ccc(NC(C)=O)c(N(c2ccccc2N)C(C)C)c1. The molecule has 0 saturated carbocycles. The number of rotatable bonds is 5. The summed E-state index contributed by atoms with van der Waals surface area (Å²) in [6, 6.07) is 13.4. The maximum Gasteiger partial charge on any atom is 0.221 e. The highest BCUT2D eigenvalue weighted by Crippen LogP contribution is 2.39. The van der Waals surface area contributed by atoms with E-state index in [-0.39, 0.29) is 11.9 Å². The zero-order valence-corrected chi connectivity index (χ0v) is 14.0. The Morgan fingerprint density at radius 1 is 1.17 bits per heavy atom. The zero-order valence-electron chi connectivity index (χ0n) is 14.0. The number of methoxy groups -OCH3 is 1. The molecule has 0 saturated heterocycles. The van der Waals surface area contributed by atoms with Crippen LogP contribution in [0.3, 0.4) is 0 Å². The van der Waals surface area contributed by atoms with E-state index in [2.05, 4.69) is 24.1 Å². The predicted octanol–water partition coefficient (Wildman–Crippen LogP) is 3.78. The van der Waals surface area contributed by atoms with E-state index in [1.165, 1.54) is 6.92 Å². The third-order valence-electron chi connectivity index (χ3n) is 3.49. The van der Waals surface area contributed by atoms with Gasteiger partial charge in [-0.25, -0.2) is 0 Å². The average Bonchev–Trinajstić information content (AvgIpc) is 2.50. The summed E-state index contributed by atoms with van der Waals surface area (Å²) < 4.78 is 5.34. The number of nitrogens with two attached hydrogens (primary N) is 1. The van der Waals surface area contributed by atoms with Gasteiger partial charge >= 0.3 is 0 Å². The fraction of sp³-hybridized carbons (Fsp3) is 0.278. The molecule has 2 rings (SSSR count). The molecule has 122 valence electrons. The van der Waals surface area contributed by atoms with Crippen LogP contribution in [-0.2, 0) is 4.79 Å². The molecule has 5 heteroatoms. The van der Waals surface area contributed by atoms with Gasteiger partial charge in [-0.2, -0.15) is 0 Å². The lowest BCUT2D eigenvalue weighted by molar-refractivity contribution is -0.114. The van der Waals surface area contributed by atoms with Crippen molar-refractivity contribution in [2.24, 2.45) is 0 Å². The molecule has 0 aliphatic rings. The fourth-order valence-corrected chi connectivity index (χ4v) is 2.53. The minimum atomic E-state index is -0.124. The van der Waals surface area contributed by atoms with Gasteiger partial charge in [0.05, 0.1) is 29.9 Å². The third kappa shape index (κ3) is 3.74. The normalized spacial score (nSPS) is 10.5. The van der Waals surface area contributed by atoms with E-state index < -0.39 is 0 Å². The first-order valence-corrected chi connectivity index (χ1v) is 7.53. The summed E-state index contributed by atoms with van der Waals surface area (Å²) in [4.78, 5) is 13.6. The van der Waals surface area contributed by atoms with Gasteiger partial charge in [-0.15, -0.1) is 0 Å². The first kappa shape index (κ1) is 16.7. The number of nitrogens with one attached hydrogen (secondary N) is 1. The van der Waals surface area contributed by atoms with Gasteiger partial charge in [-0.1, -0.05) is 12.1 Å². The molecule has 0 radical (unpaired) electrons. The van der Waals surface area contributed by atoms with Gasteiger partial charge in [0.25, 0.3) is 0 Å². The third-order valence-corrected chi connectivity index (χ3v) is 3.49. The standard InChI is InChI=1S/C18H23N3O2/c1-12(2)21(17-8-6-5-7-15(17)19)18-11-14(23-4)9-10-16(18)20-13(3)22/h5-12H,19H2,1-4H3,(H,20,22). The second-order valence-corrected chi connectivity index (χ2v) is 5.59. The molecule has 0 bridgehead atoms. The van der Waals surface area contributed by atoms with Crippen LogP contribution in [0.5, 0.6) is 5.75 Å². The van der Waals surface area contributed by atoms with E-state index in [1.807, 2.05) is 42.5 Å². The Hall–Kier alpha value is -2.69. The van der Waals surface area contributed by atoms with Crippen molar-refractivity contribution in [3.8, 4) is 5.75 Å². The molecule has 0 spiro atoms. The number of para-hydroxylation sites is 2. The molecule has 0 aliphatic carbocycles. The number of amides is 1. The lowest BCUT2D eigenvalue weighted by atomic mass is 10.1. The van der Waals surface area contributed by atoms with Crippen LogP contribution in [0.2, 0.25) is 0 Å². The highest BCUT2D eigenvalue weighted by atomic mass is 16.5. The van der Waals surface area contributed by atoms with Crippen molar-refractivity contribution in [3.05, 3.63) is 42.5 Å². The largest absolute Gasteiger partial charge is 0.497 e. The van der Waals surface area contributed by atoms with Crippen LogP contribution in [-0.4, -0.2) is 19.1 Å². The zero-order chi connectivity index (χ0) is 17.0. The lowest BCUT2D eigenvalue weighted by Crippen LogP contribution is -2.27. The van der Waals surface area contributed by atoms with Crippen LogP contribution in [0.4, 0.5) is 22.7 Å². The molecule has 0 aliphatic heterocycles. The molecule has 0 heterocycles. The number of hydrogen-bond donors (Lipinski definition) is 2. The van der Waals surface area contributed by atoms with Gasteiger partial charge in [-0.3, -0.25) is 4.79 Å². The Balaban J connectivity index is 2.62. The monoisotopic (exact) mass is 313 g/mol. The van der Waals surface area contributed by atoms with Crippen molar-refractivity contribution in [2.45, 2.75) is 26.8 Å². The molecule has 2 aromatic carbocycles. The van der Waals surface area contributed by atoms with E-state index in [0.29, 0.717) is 11.4 Å². The first-order chi connectivity index (χ1) is 10.9. The van der Waals surface area contributed by atoms with Crippen molar-refractivity contribution in [1.29, 1.82) is 0 Å². The molecule has 0 atom stereocenters. The Morgan fingerprint density at radius 2 is 1.87 bits per heavy atom. The number of benzene rings is 2. The van der Waals surface area contributed by atoms with E-state index in [4.69, 9.17) is 10.5 Å². The number of nitrogen functional groups attached to an aromatic ring is 1. The van der Waals surface area contributed by atoms with Crippen LogP contribution >= 0.6 is 0 Å². The van der Waals surface area contributed by atoms with Crippen molar-refractivity contribution < 1.29 is 9.53 Å². The maximum absolute atomic E-state index is 11.5. The van der Waals surface area contributed by atoms with Gasteiger partial charge in [0, 0.05) is 19.0 Å². The number of hydrogen-bond acceptors (Lipinski definition) is 4. The van der Waals surface area contributed by atoms with Crippen molar-refractivity contribution in [3.63, 3.8) is 0 Å². The Bertz CT molecular complexity index is 698. The van der Waals surface area contributed by atoms with Crippen LogP contribution in [0.25, 0.3) is 0 Å². The predicted molar refractivity (Wildman–Crippen MR) is 95.4 cm³/mol. The van der Waals surface area contributed by atoms with E-state index in [1.54, 1.807) is 7.11 Å². The van der Waals surface area contributed by atoms with Crippen molar-refractivity contribution in [2.75, 3.05) is 23.1 Å². The van der Waals surface area contributed by atoms with E-state index >= 15 is 0 Å². The highest BCUT2D eigenvalue weighted by Gasteiger charge is 2.20. The summed E-state index contributed by atoms with van der Waals surface area (Å²) in [5, 5.41) is 2.87. The molecule has 0 unspecified atom stereocenters. The number of carbonyl (C=O) groups excluding carboxylic acids is 1. The Kier molecular flexibility index (Phi) is 5.11. The number of anilines is 4. The first-order valence-electron chi connectivity index (χ1n) is 7.53. The minimum Gasteiger partial charge on any atom is -0.497 e. The van der Waals surface area contributed by atoms with Crippen LogP contribution in [0, 0.1) is 0 Å². The number of carbonyl (C=O) groups is 1. The van der Waals surface area contributed by atoms with Crippen LogP contribution < -0.4 is 20.7 Å². The van der Waals surface area contributed by atoms with Crippen molar-refractivity contribution in [1.82, 2.24) is 0 Å².